The Labute approximate surface area is 101 Å². The van der Waals surface area contributed by atoms with Crippen LogP contribution in [0.1, 0.15) is 32.1 Å². The maximum absolute atomic E-state index is 12.0. The molecule has 3 atom stereocenters. The molecule has 0 aromatic carbocycles. The molecule has 2 aliphatic carbocycles. The van der Waals surface area contributed by atoms with E-state index >= 15 is 0 Å². The molecule has 1 saturated heterocycles. The Morgan fingerprint density at radius 2 is 1.94 bits per heavy atom. The Morgan fingerprint density at radius 1 is 1.18 bits per heavy atom. The van der Waals surface area contributed by atoms with Crippen molar-refractivity contribution in [3.63, 3.8) is 0 Å². The SMILES string of the molecule is O=C(NS(=O)(=O)C1CC1)C1NCC2CCCC21. The van der Waals surface area contributed by atoms with Crippen molar-refractivity contribution in [3.8, 4) is 0 Å². The Hall–Kier alpha value is -0.620. The van der Waals surface area contributed by atoms with Crippen molar-refractivity contribution in [1.29, 1.82) is 0 Å². The third kappa shape index (κ3) is 2.08. The first-order valence-electron chi connectivity index (χ1n) is 6.37. The van der Waals surface area contributed by atoms with E-state index in [1.54, 1.807) is 0 Å². The van der Waals surface area contributed by atoms with E-state index in [9.17, 15) is 13.2 Å². The quantitative estimate of drug-likeness (QED) is 0.746. The van der Waals surface area contributed by atoms with Crippen LogP contribution in [-0.4, -0.2) is 32.2 Å². The lowest BCUT2D eigenvalue weighted by molar-refractivity contribution is -0.122. The number of nitrogens with one attached hydrogen (secondary N) is 2. The maximum atomic E-state index is 12.0. The number of carbonyl (C=O) groups is 1. The summed E-state index contributed by atoms with van der Waals surface area (Å²) in [6.07, 6.45) is 4.74. The second kappa shape index (κ2) is 3.95. The molecule has 1 heterocycles. The molecule has 2 saturated carbocycles. The van der Waals surface area contributed by atoms with Crippen LogP contribution in [0, 0.1) is 11.8 Å². The van der Waals surface area contributed by atoms with Gasteiger partial charge in [-0.25, -0.2) is 8.42 Å². The highest BCUT2D eigenvalue weighted by atomic mass is 32.2. The van der Waals surface area contributed by atoms with Crippen LogP contribution >= 0.6 is 0 Å². The van der Waals surface area contributed by atoms with E-state index in [1.165, 1.54) is 0 Å². The van der Waals surface area contributed by atoms with Crippen molar-refractivity contribution < 1.29 is 13.2 Å². The summed E-state index contributed by atoms with van der Waals surface area (Å²) in [4.78, 5) is 12.0. The second-order valence-electron chi connectivity index (χ2n) is 5.45. The van der Waals surface area contributed by atoms with Gasteiger partial charge in [-0.1, -0.05) is 6.42 Å². The van der Waals surface area contributed by atoms with Gasteiger partial charge in [0.1, 0.15) is 0 Å². The highest BCUT2D eigenvalue weighted by molar-refractivity contribution is 7.90. The average molecular weight is 258 g/mol. The zero-order chi connectivity index (χ0) is 12.0. The van der Waals surface area contributed by atoms with Gasteiger partial charge in [-0.15, -0.1) is 0 Å². The van der Waals surface area contributed by atoms with E-state index in [4.69, 9.17) is 0 Å². The molecule has 0 aromatic rings. The monoisotopic (exact) mass is 258 g/mol. The van der Waals surface area contributed by atoms with Crippen molar-refractivity contribution in [2.24, 2.45) is 11.8 Å². The molecule has 1 amide bonds. The van der Waals surface area contributed by atoms with Crippen molar-refractivity contribution in [1.82, 2.24) is 10.0 Å². The van der Waals surface area contributed by atoms with Gasteiger partial charge in [0.25, 0.3) is 5.91 Å². The second-order valence-corrected chi connectivity index (χ2v) is 7.41. The predicted molar refractivity (Wildman–Crippen MR) is 62.7 cm³/mol. The Morgan fingerprint density at radius 3 is 2.65 bits per heavy atom. The van der Waals surface area contributed by atoms with Crippen molar-refractivity contribution in [3.05, 3.63) is 0 Å². The van der Waals surface area contributed by atoms with E-state index in [2.05, 4.69) is 10.0 Å². The summed E-state index contributed by atoms with van der Waals surface area (Å²) in [5.41, 5.74) is 0. The topological polar surface area (TPSA) is 75.3 Å². The van der Waals surface area contributed by atoms with E-state index in [1.807, 2.05) is 0 Å². The first-order valence-corrected chi connectivity index (χ1v) is 7.91. The summed E-state index contributed by atoms with van der Waals surface area (Å²) in [6.45, 7) is 0.853. The highest BCUT2D eigenvalue weighted by Gasteiger charge is 2.45. The molecule has 2 N–H and O–H groups in total. The summed E-state index contributed by atoms with van der Waals surface area (Å²) in [6, 6.07) is -0.295. The Bertz CT molecular complexity index is 430. The first-order chi connectivity index (χ1) is 8.08. The van der Waals surface area contributed by atoms with Crippen molar-refractivity contribution in [2.45, 2.75) is 43.4 Å². The number of fused-ring (bicyclic) bond motifs is 1. The number of amides is 1. The van der Waals surface area contributed by atoms with Gasteiger partial charge < -0.3 is 5.32 Å². The lowest BCUT2D eigenvalue weighted by Gasteiger charge is -2.17. The zero-order valence-electron chi connectivity index (χ0n) is 9.69. The van der Waals surface area contributed by atoms with E-state index in [0.29, 0.717) is 24.7 Å². The number of hydrogen-bond acceptors (Lipinski definition) is 4. The van der Waals surface area contributed by atoms with Gasteiger partial charge in [-0.3, -0.25) is 9.52 Å². The van der Waals surface area contributed by atoms with Gasteiger partial charge in [-0.2, -0.15) is 0 Å². The van der Waals surface area contributed by atoms with Gasteiger partial charge in [0, 0.05) is 0 Å². The van der Waals surface area contributed by atoms with Gasteiger partial charge >= 0.3 is 0 Å². The molecule has 96 valence electrons. The molecule has 6 heteroatoms. The van der Waals surface area contributed by atoms with Gasteiger partial charge in [0.2, 0.25) is 10.0 Å². The van der Waals surface area contributed by atoms with E-state index in [-0.39, 0.29) is 17.2 Å². The fraction of sp³-hybridized carbons (Fsp3) is 0.909. The van der Waals surface area contributed by atoms with Crippen LogP contribution < -0.4 is 10.0 Å². The molecule has 17 heavy (non-hydrogen) atoms. The smallest absolute Gasteiger partial charge is 0.250 e. The molecular weight excluding hydrogens is 240 g/mol. The largest absolute Gasteiger partial charge is 0.305 e. The van der Waals surface area contributed by atoms with Crippen LogP contribution in [0.15, 0.2) is 0 Å². The summed E-state index contributed by atoms with van der Waals surface area (Å²) in [7, 11) is -3.39. The molecule has 3 aliphatic rings. The number of rotatable bonds is 3. The third-order valence-corrected chi connectivity index (χ3v) is 6.07. The third-order valence-electron chi connectivity index (χ3n) is 4.23. The molecule has 3 rings (SSSR count). The number of sulfonamides is 1. The van der Waals surface area contributed by atoms with E-state index in [0.717, 1.165) is 25.8 Å². The van der Waals surface area contributed by atoms with E-state index < -0.39 is 10.0 Å². The molecule has 3 fully saturated rings. The summed E-state index contributed by atoms with van der Waals surface area (Å²) in [5, 5.41) is 2.84. The minimum absolute atomic E-state index is 0.295. The number of hydrogen-bond donors (Lipinski definition) is 2. The minimum atomic E-state index is -3.39. The molecule has 0 radical (unpaired) electrons. The van der Waals surface area contributed by atoms with Gasteiger partial charge in [0.15, 0.2) is 0 Å². The molecular formula is C11H18N2O3S. The average Bonchev–Trinajstić information content (AvgIpc) is 2.88. The summed E-state index contributed by atoms with van der Waals surface area (Å²) >= 11 is 0. The normalized spacial score (nSPS) is 36.8. The van der Waals surface area contributed by atoms with Crippen LogP contribution in [0.4, 0.5) is 0 Å². The minimum Gasteiger partial charge on any atom is -0.305 e. The van der Waals surface area contributed by atoms with Crippen LogP contribution in [0.25, 0.3) is 0 Å². The molecule has 3 unspecified atom stereocenters. The predicted octanol–water partition coefficient (Wildman–Crippen LogP) is -0.0171. The Balaban J connectivity index is 1.66. The lowest BCUT2D eigenvalue weighted by atomic mass is 9.94. The molecule has 5 nitrogen and oxygen atoms in total. The zero-order valence-corrected chi connectivity index (χ0v) is 10.5. The fourth-order valence-corrected chi connectivity index (χ4v) is 4.47. The summed E-state index contributed by atoms with van der Waals surface area (Å²) in [5.74, 6) is 0.560. The van der Waals surface area contributed by atoms with Gasteiger partial charge in [-0.05, 0) is 44.1 Å². The molecule has 0 aromatic heterocycles. The number of carbonyl (C=O) groups excluding carboxylic acids is 1. The van der Waals surface area contributed by atoms with Crippen LogP contribution in [0.3, 0.4) is 0 Å². The van der Waals surface area contributed by atoms with Crippen LogP contribution in [-0.2, 0) is 14.8 Å². The van der Waals surface area contributed by atoms with Gasteiger partial charge in [0.05, 0.1) is 11.3 Å². The molecule has 0 spiro atoms. The van der Waals surface area contributed by atoms with Crippen molar-refractivity contribution in [2.75, 3.05) is 6.54 Å². The fourth-order valence-electron chi connectivity index (χ4n) is 3.14. The maximum Gasteiger partial charge on any atom is 0.250 e. The first kappa shape index (κ1) is 11.5. The molecule has 0 bridgehead atoms. The molecule has 1 aliphatic heterocycles. The van der Waals surface area contributed by atoms with Crippen LogP contribution in [0.5, 0.6) is 0 Å². The lowest BCUT2D eigenvalue weighted by Crippen LogP contribution is -2.46. The summed E-state index contributed by atoms with van der Waals surface area (Å²) < 4.78 is 25.6. The van der Waals surface area contributed by atoms with Crippen LogP contribution in [0.2, 0.25) is 0 Å². The standard InChI is InChI=1S/C11H18N2O3S/c14-11(13-17(15,16)8-4-5-8)10-9-3-1-2-7(9)6-12-10/h7-10,12H,1-6H2,(H,13,14). The highest BCUT2D eigenvalue weighted by Crippen LogP contribution is 2.38. The van der Waals surface area contributed by atoms with Crippen molar-refractivity contribution >= 4 is 15.9 Å². The Kier molecular flexibility index (Phi) is 2.66.